The monoisotopic (exact) mass is 287 g/mol. The van der Waals surface area contributed by atoms with Crippen molar-refractivity contribution < 1.29 is 24.4 Å². The van der Waals surface area contributed by atoms with Crippen LogP contribution in [0.4, 0.5) is 0 Å². The van der Waals surface area contributed by atoms with Crippen LogP contribution < -0.4 is 0 Å². The van der Waals surface area contributed by atoms with Crippen molar-refractivity contribution in [2.24, 2.45) is 0 Å². The van der Waals surface area contributed by atoms with Crippen LogP contribution in [0.5, 0.6) is 0 Å². The van der Waals surface area contributed by atoms with E-state index in [1.165, 1.54) is 0 Å². The van der Waals surface area contributed by atoms with Crippen LogP contribution in [0, 0.1) is 0 Å². The summed E-state index contributed by atoms with van der Waals surface area (Å²) in [6, 6.07) is 8.40. The molecule has 0 aromatic heterocycles. The Bertz CT molecular complexity index is 367. The van der Waals surface area contributed by atoms with Crippen LogP contribution >= 0.6 is 8.03 Å². The van der Waals surface area contributed by atoms with Crippen molar-refractivity contribution in [2.45, 2.75) is 18.9 Å². The number of rotatable bonds is 6. The molecule has 5 nitrogen and oxygen atoms in total. The fourth-order valence-corrected chi connectivity index (χ4v) is 1.50. The molecule has 0 saturated carbocycles. The Morgan fingerprint density at radius 1 is 1.37 bits per heavy atom. The average molecular weight is 287 g/mol. The smallest absolute Gasteiger partial charge is 0.391 e. The first kappa shape index (κ1) is 17.9. The molecule has 0 radical (unpaired) electrons. The summed E-state index contributed by atoms with van der Waals surface area (Å²) in [7, 11) is -2.53. The number of ether oxygens (including phenoxy) is 1. The molecule has 3 N–H and O–H groups in total. The van der Waals surface area contributed by atoms with Gasteiger partial charge >= 0.3 is 13.9 Å². The van der Waals surface area contributed by atoms with Gasteiger partial charge in [0, 0.05) is 5.56 Å². The van der Waals surface area contributed by atoms with Crippen LogP contribution in [0.1, 0.15) is 18.3 Å². The van der Waals surface area contributed by atoms with E-state index in [1.807, 2.05) is 0 Å². The summed E-state index contributed by atoms with van der Waals surface area (Å²) in [6.07, 6.45) is 1.29. The number of hydrogen-bond donors (Lipinski definition) is 3. The van der Waals surface area contributed by atoms with E-state index in [0.717, 1.165) is 0 Å². The van der Waals surface area contributed by atoms with Gasteiger partial charge in [0.25, 0.3) is 0 Å². The minimum Gasteiger partial charge on any atom is -0.391 e. The molecule has 0 fully saturated rings. The van der Waals surface area contributed by atoms with Crippen molar-refractivity contribution in [1.82, 2.24) is 0 Å². The highest BCUT2D eigenvalue weighted by atomic mass is 31.1. The van der Waals surface area contributed by atoms with Crippen LogP contribution in [-0.4, -0.2) is 34.4 Å². The van der Waals surface area contributed by atoms with Gasteiger partial charge in [-0.3, -0.25) is 0 Å². The molecule has 1 rings (SSSR count). The minimum atomic E-state index is -2.53. The molecule has 0 aliphatic rings. The number of hydrogen-bond acceptors (Lipinski definition) is 4. The molecule has 0 amide bonds. The maximum Gasteiger partial charge on any atom is 0.542 e. The van der Waals surface area contributed by atoms with Crippen molar-refractivity contribution in [3.8, 4) is 0 Å². The van der Waals surface area contributed by atoms with Crippen molar-refractivity contribution in [3.63, 3.8) is 0 Å². The van der Waals surface area contributed by atoms with Gasteiger partial charge in [0.05, 0.1) is 19.3 Å². The molecule has 0 aliphatic carbocycles. The number of benzene rings is 1. The van der Waals surface area contributed by atoms with Crippen LogP contribution in [-0.2, 0) is 9.30 Å². The topological polar surface area (TPSA) is 87.0 Å². The Kier molecular flexibility index (Phi) is 10.2. The zero-order chi connectivity index (χ0) is 14.7. The van der Waals surface area contributed by atoms with Crippen molar-refractivity contribution >= 4 is 8.03 Å². The van der Waals surface area contributed by atoms with Crippen LogP contribution in [0.3, 0.4) is 0 Å². The van der Waals surface area contributed by atoms with Gasteiger partial charge in [-0.05, 0) is 11.5 Å². The van der Waals surface area contributed by atoms with E-state index in [2.05, 4.69) is 6.58 Å². The molecule has 19 heavy (non-hydrogen) atoms. The zero-order valence-corrected chi connectivity index (χ0v) is 11.7. The van der Waals surface area contributed by atoms with Gasteiger partial charge in [0.15, 0.2) is 0 Å². The summed E-state index contributed by atoms with van der Waals surface area (Å²) >= 11 is 0. The molecule has 0 saturated heterocycles. The van der Waals surface area contributed by atoms with Gasteiger partial charge in [0.1, 0.15) is 0 Å². The van der Waals surface area contributed by atoms with Crippen LogP contribution in [0.2, 0.25) is 0 Å². The molecule has 0 aliphatic heterocycles. The molecule has 1 aromatic rings. The second kappa shape index (κ2) is 10.8. The number of aliphatic hydroxyl groups is 2. The van der Waals surface area contributed by atoms with Gasteiger partial charge < -0.3 is 14.9 Å². The maximum atomic E-state index is 10.4. The lowest BCUT2D eigenvalue weighted by atomic mass is 10.2. The third kappa shape index (κ3) is 9.47. The normalized spacial score (nSPS) is 13.8. The van der Waals surface area contributed by atoms with E-state index >= 15 is 0 Å². The standard InChI is InChI=1S/C7H7O3P.C6H12O2/c8-7(11(9)10)6-4-2-1-3-5-6;1-3-4-8-5-6(2)7/h1-5,7-8H;3,6-7H,1,4-5H2,2H3/p+1. The predicted molar refractivity (Wildman–Crippen MR) is 73.9 cm³/mol. The second-order valence-corrected chi connectivity index (χ2v) is 4.86. The van der Waals surface area contributed by atoms with E-state index in [1.54, 1.807) is 43.3 Å². The van der Waals surface area contributed by atoms with E-state index in [-0.39, 0.29) is 6.10 Å². The maximum absolute atomic E-state index is 10.4. The molecule has 3 atom stereocenters. The zero-order valence-electron chi connectivity index (χ0n) is 10.8. The first-order chi connectivity index (χ1) is 8.99. The highest BCUT2D eigenvalue weighted by molar-refractivity contribution is 7.38. The van der Waals surface area contributed by atoms with Gasteiger partial charge in [-0.1, -0.05) is 36.4 Å². The minimum absolute atomic E-state index is 0.366. The third-order valence-corrected chi connectivity index (χ3v) is 2.62. The van der Waals surface area contributed by atoms with E-state index < -0.39 is 13.9 Å². The fraction of sp³-hybridized carbons (Fsp3) is 0.385. The summed E-state index contributed by atoms with van der Waals surface area (Å²) in [5.41, 5.74) is 0.469. The van der Waals surface area contributed by atoms with Crippen LogP contribution in [0.15, 0.2) is 43.0 Å². The Morgan fingerprint density at radius 2 is 1.95 bits per heavy atom. The molecule has 6 heteroatoms. The molecular formula is C13H20O5P+. The molecule has 0 heterocycles. The molecule has 0 spiro atoms. The highest BCUT2D eigenvalue weighted by Gasteiger charge is 2.27. The average Bonchev–Trinajstić information content (AvgIpc) is 2.39. The highest BCUT2D eigenvalue weighted by Crippen LogP contribution is 2.34. The summed E-state index contributed by atoms with van der Waals surface area (Å²) in [6.45, 7) is 6.05. The van der Waals surface area contributed by atoms with Gasteiger partial charge in [-0.15, -0.1) is 6.58 Å². The summed E-state index contributed by atoms with van der Waals surface area (Å²) in [5.74, 6) is -1.26. The Balaban J connectivity index is 0.000000362. The molecule has 106 valence electrons. The lowest BCUT2D eigenvalue weighted by Gasteiger charge is -2.01. The SMILES string of the molecule is C=CCOCC(C)O.O=[P+](O)C(O)c1ccccc1. The lowest BCUT2D eigenvalue weighted by Crippen LogP contribution is -2.09. The van der Waals surface area contributed by atoms with Gasteiger partial charge in [0.2, 0.25) is 0 Å². The van der Waals surface area contributed by atoms with Gasteiger partial charge in [-0.25, -0.2) is 0 Å². The van der Waals surface area contributed by atoms with Crippen LogP contribution in [0.25, 0.3) is 0 Å². The van der Waals surface area contributed by atoms with Crippen molar-refractivity contribution in [2.75, 3.05) is 13.2 Å². The van der Waals surface area contributed by atoms with Crippen molar-refractivity contribution in [3.05, 3.63) is 48.6 Å². The summed E-state index contributed by atoms with van der Waals surface area (Å²) in [4.78, 5) is 8.53. The quantitative estimate of drug-likeness (QED) is 0.423. The summed E-state index contributed by atoms with van der Waals surface area (Å²) < 4.78 is 15.3. The molecule has 0 bridgehead atoms. The predicted octanol–water partition coefficient (Wildman–Crippen LogP) is 1.98. The molecule has 1 aromatic carbocycles. The van der Waals surface area contributed by atoms with Gasteiger partial charge in [-0.2, -0.15) is 4.89 Å². The fourth-order valence-electron chi connectivity index (χ4n) is 1.07. The lowest BCUT2D eigenvalue weighted by molar-refractivity contribution is 0.0599. The summed E-state index contributed by atoms with van der Waals surface area (Å²) in [5, 5.41) is 17.7. The van der Waals surface area contributed by atoms with E-state index in [0.29, 0.717) is 18.8 Å². The number of aliphatic hydroxyl groups excluding tert-OH is 2. The first-order valence-corrected chi connectivity index (χ1v) is 7.02. The Hall–Kier alpha value is -1.10. The second-order valence-electron chi connectivity index (χ2n) is 3.76. The van der Waals surface area contributed by atoms with Crippen molar-refractivity contribution in [1.29, 1.82) is 0 Å². The molecule has 3 unspecified atom stereocenters. The molecular weight excluding hydrogens is 267 g/mol. The van der Waals surface area contributed by atoms with E-state index in [9.17, 15) is 4.57 Å². The largest absolute Gasteiger partial charge is 0.542 e. The Labute approximate surface area is 114 Å². The first-order valence-electron chi connectivity index (χ1n) is 5.74. The Morgan fingerprint density at radius 3 is 2.37 bits per heavy atom. The third-order valence-electron chi connectivity index (χ3n) is 1.90. The van der Waals surface area contributed by atoms with E-state index in [4.69, 9.17) is 19.8 Å².